The van der Waals surface area contributed by atoms with Crippen molar-refractivity contribution in [1.82, 2.24) is 0 Å². The summed E-state index contributed by atoms with van der Waals surface area (Å²) in [6.07, 6.45) is 0.471. The second-order valence-electron chi connectivity index (χ2n) is 4.63. The van der Waals surface area contributed by atoms with Gasteiger partial charge in [0.05, 0.1) is 0 Å². The molecule has 1 unspecified atom stereocenters. The summed E-state index contributed by atoms with van der Waals surface area (Å²) >= 11 is 0. The van der Waals surface area contributed by atoms with Crippen LogP contribution in [-0.2, 0) is 16.0 Å². The molecule has 0 aliphatic carbocycles. The minimum absolute atomic E-state index is 0.191. The Labute approximate surface area is 124 Å². The number of benzene rings is 2. The number of hydrogen-bond acceptors (Lipinski definition) is 4. The molecule has 0 radical (unpaired) electrons. The molecule has 0 bridgehead atoms. The Morgan fingerprint density at radius 3 is 2.24 bits per heavy atom. The normalized spacial score (nSPS) is 11.7. The fraction of sp³-hybridized carbons (Fsp3) is 0.235. The summed E-state index contributed by atoms with van der Waals surface area (Å²) < 4.78 is 10.5. The first kappa shape index (κ1) is 15.1. The molecule has 0 saturated carbocycles. The number of hydrogen-bond donors (Lipinski definition) is 1. The van der Waals surface area contributed by atoms with Gasteiger partial charge in [-0.1, -0.05) is 48.5 Å². The zero-order valence-electron chi connectivity index (χ0n) is 11.8. The minimum atomic E-state index is -0.649. The van der Waals surface area contributed by atoms with Gasteiger partial charge in [0.1, 0.15) is 25.0 Å². The first-order valence-electron chi connectivity index (χ1n) is 6.89. The summed E-state index contributed by atoms with van der Waals surface area (Å²) in [5.41, 5.74) is 6.84. The summed E-state index contributed by atoms with van der Waals surface area (Å²) in [5, 5.41) is 0. The maximum Gasteiger partial charge on any atom is 0.323 e. The number of nitrogens with two attached hydrogens (primary N) is 1. The monoisotopic (exact) mass is 285 g/mol. The van der Waals surface area contributed by atoms with Gasteiger partial charge in [0, 0.05) is 0 Å². The van der Waals surface area contributed by atoms with Gasteiger partial charge in [0.2, 0.25) is 0 Å². The van der Waals surface area contributed by atoms with Crippen LogP contribution in [0.2, 0.25) is 0 Å². The van der Waals surface area contributed by atoms with Crippen molar-refractivity contribution in [3.63, 3.8) is 0 Å². The Hall–Kier alpha value is -2.33. The fourth-order valence-electron chi connectivity index (χ4n) is 1.88. The van der Waals surface area contributed by atoms with Crippen molar-refractivity contribution in [3.8, 4) is 5.75 Å². The summed E-state index contributed by atoms with van der Waals surface area (Å²) in [5.74, 6) is 0.345. The van der Waals surface area contributed by atoms with E-state index in [4.69, 9.17) is 15.2 Å². The molecular formula is C17H19NO3. The molecule has 110 valence electrons. The molecule has 2 N–H and O–H groups in total. The molecule has 4 heteroatoms. The Bertz CT molecular complexity index is 542. The van der Waals surface area contributed by atoms with E-state index in [9.17, 15) is 4.79 Å². The Balaban J connectivity index is 1.67. The molecular weight excluding hydrogens is 266 g/mol. The molecule has 0 amide bonds. The quantitative estimate of drug-likeness (QED) is 0.625. The van der Waals surface area contributed by atoms with Crippen molar-refractivity contribution in [2.45, 2.75) is 12.5 Å². The van der Waals surface area contributed by atoms with Crippen molar-refractivity contribution in [3.05, 3.63) is 66.2 Å². The van der Waals surface area contributed by atoms with Gasteiger partial charge in [-0.05, 0) is 24.1 Å². The molecule has 0 saturated heterocycles. The molecule has 0 heterocycles. The van der Waals surface area contributed by atoms with Crippen LogP contribution in [0.1, 0.15) is 5.56 Å². The Kier molecular flexibility index (Phi) is 5.79. The van der Waals surface area contributed by atoms with Gasteiger partial charge >= 0.3 is 5.97 Å². The molecule has 0 spiro atoms. The predicted molar refractivity (Wildman–Crippen MR) is 81.0 cm³/mol. The lowest BCUT2D eigenvalue weighted by Gasteiger charge is -2.12. The molecule has 21 heavy (non-hydrogen) atoms. The number of ether oxygens (including phenoxy) is 2. The first-order valence-corrected chi connectivity index (χ1v) is 6.89. The van der Waals surface area contributed by atoms with Gasteiger partial charge < -0.3 is 15.2 Å². The van der Waals surface area contributed by atoms with E-state index in [0.29, 0.717) is 13.0 Å². The second kappa shape index (κ2) is 8.07. The first-order chi connectivity index (χ1) is 10.3. The third-order valence-electron chi connectivity index (χ3n) is 2.94. The van der Waals surface area contributed by atoms with Gasteiger partial charge in [-0.25, -0.2) is 0 Å². The van der Waals surface area contributed by atoms with Gasteiger partial charge in [-0.3, -0.25) is 4.79 Å². The highest BCUT2D eigenvalue weighted by molar-refractivity contribution is 5.75. The molecule has 1 atom stereocenters. The van der Waals surface area contributed by atoms with E-state index in [-0.39, 0.29) is 6.61 Å². The second-order valence-corrected chi connectivity index (χ2v) is 4.63. The molecule has 0 aromatic heterocycles. The maximum atomic E-state index is 11.8. The van der Waals surface area contributed by atoms with Gasteiger partial charge in [-0.15, -0.1) is 0 Å². The number of carbonyl (C=O) groups is 1. The van der Waals surface area contributed by atoms with E-state index < -0.39 is 12.0 Å². The zero-order valence-corrected chi connectivity index (χ0v) is 11.8. The van der Waals surface area contributed by atoms with Crippen LogP contribution >= 0.6 is 0 Å². The van der Waals surface area contributed by atoms with Crippen LogP contribution in [0, 0.1) is 0 Å². The minimum Gasteiger partial charge on any atom is -0.490 e. The van der Waals surface area contributed by atoms with Gasteiger partial charge in [0.25, 0.3) is 0 Å². The van der Waals surface area contributed by atoms with Crippen molar-refractivity contribution in [2.24, 2.45) is 5.73 Å². The van der Waals surface area contributed by atoms with Crippen LogP contribution in [-0.4, -0.2) is 25.2 Å². The van der Waals surface area contributed by atoms with E-state index >= 15 is 0 Å². The molecule has 2 aromatic rings. The highest BCUT2D eigenvalue weighted by atomic mass is 16.6. The summed E-state index contributed by atoms with van der Waals surface area (Å²) in [4.78, 5) is 11.8. The molecule has 2 aromatic carbocycles. The summed E-state index contributed by atoms with van der Waals surface area (Å²) in [6, 6.07) is 18.4. The zero-order chi connectivity index (χ0) is 14.9. The molecule has 2 rings (SSSR count). The number of esters is 1. The standard InChI is InChI=1S/C17H19NO3/c18-16(13-14-7-3-1-4-8-14)17(19)21-12-11-20-15-9-5-2-6-10-15/h1-10,16H,11-13,18H2. The van der Waals surface area contributed by atoms with Crippen molar-refractivity contribution < 1.29 is 14.3 Å². The number of carbonyl (C=O) groups excluding carboxylic acids is 1. The Morgan fingerprint density at radius 1 is 0.952 bits per heavy atom. The van der Waals surface area contributed by atoms with Gasteiger partial charge in [-0.2, -0.15) is 0 Å². The van der Waals surface area contributed by atoms with Crippen LogP contribution in [0.15, 0.2) is 60.7 Å². The SMILES string of the molecule is NC(Cc1ccccc1)C(=O)OCCOc1ccccc1. The maximum absolute atomic E-state index is 11.8. The largest absolute Gasteiger partial charge is 0.490 e. The van der Waals surface area contributed by atoms with E-state index in [2.05, 4.69) is 0 Å². The molecule has 0 aliphatic heterocycles. The van der Waals surface area contributed by atoms with Crippen molar-refractivity contribution >= 4 is 5.97 Å². The smallest absolute Gasteiger partial charge is 0.323 e. The molecule has 0 aliphatic rings. The van der Waals surface area contributed by atoms with Crippen LogP contribution in [0.3, 0.4) is 0 Å². The lowest BCUT2D eigenvalue weighted by Crippen LogP contribution is -2.35. The van der Waals surface area contributed by atoms with E-state index in [1.54, 1.807) is 0 Å². The third-order valence-corrected chi connectivity index (χ3v) is 2.94. The van der Waals surface area contributed by atoms with E-state index in [0.717, 1.165) is 11.3 Å². The van der Waals surface area contributed by atoms with E-state index in [1.165, 1.54) is 0 Å². The lowest BCUT2D eigenvalue weighted by atomic mass is 10.1. The number of rotatable bonds is 7. The lowest BCUT2D eigenvalue weighted by molar-refractivity contribution is -0.145. The average molecular weight is 285 g/mol. The topological polar surface area (TPSA) is 61.6 Å². The summed E-state index contributed by atoms with van der Waals surface area (Å²) in [7, 11) is 0. The average Bonchev–Trinajstić information content (AvgIpc) is 2.53. The van der Waals surface area contributed by atoms with Crippen LogP contribution in [0.5, 0.6) is 5.75 Å². The van der Waals surface area contributed by atoms with Crippen molar-refractivity contribution in [2.75, 3.05) is 13.2 Å². The van der Waals surface area contributed by atoms with E-state index in [1.807, 2.05) is 60.7 Å². The predicted octanol–water partition coefficient (Wildman–Crippen LogP) is 2.18. The van der Waals surface area contributed by atoms with Crippen LogP contribution < -0.4 is 10.5 Å². The highest BCUT2D eigenvalue weighted by Crippen LogP contribution is 2.08. The Morgan fingerprint density at radius 2 is 1.57 bits per heavy atom. The molecule has 0 fully saturated rings. The molecule has 4 nitrogen and oxygen atoms in total. The summed E-state index contributed by atoms with van der Waals surface area (Å²) in [6.45, 7) is 0.504. The van der Waals surface area contributed by atoms with Gasteiger partial charge in [0.15, 0.2) is 0 Å². The number of para-hydroxylation sites is 1. The third kappa shape index (κ3) is 5.28. The van der Waals surface area contributed by atoms with Crippen molar-refractivity contribution in [1.29, 1.82) is 0 Å². The fourth-order valence-corrected chi connectivity index (χ4v) is 1.88. The highest BCUT2D eigenvalue weighted by Gasteiger charge is 2.15. The van der Waals surface area contributed by atoms with Crippen LogP contribution in [0.4, 0.5) is 0 Å². The van der Waals surface area contributed by atoms with Crippen LogP contribution in [0.25, 0.3) is 0 Å².